The maximum Gasteiger partial charge on any atom is 0.246 e. The van der Waals surface area contributed by atoms with Crippen molar-refractivity contribution in [3.63, 3.8) is 0 Å². The molecule has 0 aliphatic heterocycles. The van der Waals surface area contributed by atoms with Crippen molar-refractivity contribution < 1.29 is 8.42 Å². The van der Waals surface area contributed by atoms with Gasteiger partial charge in [0.05, 0.1) is 0 Å². The molecule has 0 saturated carbocycles. The molecule has 0 spiro atoms. The van der Waals surface area contributed by atoms with E-state index in [1.54, 1.807) is 24.3 Å². The second kappa shape index (κ2) is 6.31. The number of hydrogen-bond donors (Lipinski definition) is 1. The zero-order chi connectivity index (χ0) is 15.6. The van der Waals surface area contributed by atoms with Crippen LogP contribution < -0.4 is 5.73 Å². The van der Waals surface area contributed by atoms with Crippen molar-refractivity contribution in [1.29, 1.82) is 0 Å². The fourth-order valence-electron chi connectivity index (χ4n) is 1.76. The fraction of sp³-hybridized carbons (Fsp3) is 0.154. The van der Waals surface area contributed by atoms with Gasteiger partial charge in [0.15, 0.2) is 0 Å². The normalized spacial score (nSPS) is 11.8. The van der Waals surface area contributed by atoms with E-state index in [4.69, 9.17) is 17.3 Å². The average Bonchev–Trinajstić information content (AvgIpc) is 2.43. The van der Waals surface area contributed by atoms with Crippen LogP contribution in [0.4, 0.5) is 5.82 Å². The number of nitrogens with two attached hydrogens (primary N) is 1. The minimum Gasteiger partial charge on any atom is -0.383 e. The largest absolute Gasteiger partial charge is 0.383 e. The van der Waals surface area contributed by atoms with Crippen molar-refractivity contribution in [1.82, 2.24) is 9.29 Å². The Morgan fingerprint density at radius 3 is 2.71 bits per heavy atom. The van der Waals surface area contributed by atoms with Gasteiger partial charge < -0.3 is 5.73 Å². The number of rotatable bonds is 4. The molecule has 0 aliphatic carbocycles. The maximum atomic E-state index is 12.6. The number of aromatic nitrogens is 1. The monoisotopic (exact) mass is 389 g/mol. The number of halogens is 2. The standard InChI is InChI=1S/C13H13BrClN3O2S/c1-18(8-9-4-2-3-5-11(9)15)21(19,20)12-6-10(14)7-17-13(12)16/h2-7H,8H2,1H3,(H2,16,17). The molecule has 0 bridgehead atoms. The SMILES string of the molecule is CN(Cc1ccccc1Cl)S(=O)(=O)c1cc(Br)cnc1N. The number of nitrogens with zero attached hydrogens (tertiary/aromatic N) is 2. The second-order valence-electron chi connectivity index (χ2n) is 4.39. The van der Waals surface area contributed by atoms with Gasteiger partial charge in [-0.05, 0) is 33.6 Å². The highest BCUT2D eigenvalue weighted by atomic mass is 79.9. The van der Waals surface area contributed by atoms with Crippen molar-refractivity contribution in [2.45, 2.75) is 11.4 Å². The molecule has 1 aromatic carbocycles. The Labute approximate surface area is 136 Å². The van der Waals surface area contributed by atoms with Crippen LogP contribution in [0.25, 0.3) is 0 Å². The van der Waals surface area contributed by atoms with Crippen LogP contribution in [-0.4, -0.2) is 24.8 Å². The van der Waals surface area contributed by atoms with Crippen molar-refractivity contribution >= 4 is 43.4 Å². The van der Waals surface area contributed by atoms with Crippen molar-refractivity contribution in [2.24, 2.45) is 0 Å². The molecule has 0 aliphatic rings. The van der Waals surface area contributed by atoms with E-state index in [2.05, 4.69) is 20.9 Å². The molecule has 1 aromatic heterocycles. The van der Waals surface area contributed by atoms with Crippen molar-refractivity contribution in [3.8, 4) is 0 Å². The molecule has 2 rings (SSSR count). The van der Waals surface area contributed by atoms with Gasteiger partial charge in [0.25, 0.3) is 0 Å². The second-order valence-corrected chi connectivity index (χ2v) is 7.73. The van der Waals surface area contributed by atoms with E-state index in [0.717, 1.165) is 0 Å². The molecule has 0 amide bonds. The molecule has 112 valence electrons. The zero-order valence-electron chi connectivity index (χ0n) is 11.1. The molecule has 0 unspecified atom stereocenters. The zero-order valence-corrected chi connectivity index (χ0v) is 14.3. The number of pyridine rings is 1. The molecule has 0 radical (unpaired) electrons. The Hall–Kier alpha value is -1.15. The third-order valence-electron chi connectivity index (χ3n) is 2.89. The summed E-state index contributed by atoms with van der Waals surface area (Å²) in [7, 11) is -2.28. The minimum atomic E-state index is -3.75. The van der Waals surface area contributed by atoms with Crippen LogP contribution in [0.2, 0.25) is 5.02 Å². The number of nitrogen functional groups attached to an aromatic ring is 1. The molecular weight excluding hydrogens is 378 g/mol. The van der Waals surface area contributed by atoms with E-state index in [1.165, 1.54) is 23.6 Å². The van der Waals surface area contributed by atoms with Gasteiger partial charge in [-0.15, -0.1) is 0 Å². The molecular formula is C13H13BrClN3O2S. The molecule has 8 heteroatoms. The summed E-state index contributed by atoms with van der Waals surface area (Å²) in [5.41, 5.74) is 6.39. The summed E-state index contributed by atoms with van der Waals surface area (Å²) < 4.78 is 26.9. The number of anilines is 1. The van der Waals surface area contributed by atoms with E-state index < -0.39 is 10.0 Å². The number of sulfonamides is 1. The first-order chi connectivity index (χ1) is 9.82. The lowest BCUT2D eigenvalue weighted by Crippen LogP contribution is -2.27. The molecule has 0 fully saturated rings. The van der Waals surface area contributed by atoms with Gasteiger partial charge in [-0.25, -0.2) is 13.4 Å². The van der Waals surface area contributed by atoms with Crippen LogP contribution in [0.1, 0.15) is 5.56 Å². The smallest absolute Gasteiger partial charge is 0.246 e. The lowest BCUT2D eigenvalue weighted by atomic mass is 10.2. The minimum absolute atomic E-state index is 0.0357. The van der Waals surface area contributed by atoms with Gasteiger partial charge in [-0.3, -0.25) is 0 Å². The first kappa shape index (κ1) is 16.2. The summed E-state index contributed by atoms with van der Waals surface area (Å²) in [5, 5.41) is 0.514. The van der Waals surface area contributed by atoms with Crippen LogP contribution in [0, 0.1) is 0 Å². The summed E-state index contributed by atoms with van der Waals surface area (Å²) in [5.74, 6) is -0.0378. The molecule has 0 atom stereocenters. The Morgan fingerprint density at radius 2 is 2.05 bits per heavy atom. The number of hydrogen-bond acceptors (Lipinski definition) is 4. The fourth-order valence-corrected chi connectivity index (χ4v) is 3.67. The third-order valence-corrected chi connectivity index (χ3v) is 5.52. The topological polar surface area (TPSA) is 76.3 Å². The summed E-state index contributed by atoms with van der Waals surface area (Å²) in [6.45, 7) is 0.147. The van der Waals surface area contributed by atoms with E-state index in [1.807, 2.05) is 0 Å². The quantitative estimate of drug-likeness (QED) is 0.871. The van der Waals surface area contributed by atoms with Gasteiger partial charge in [-0.2, -0.15) is 4.31 Å². The third kappa shape index (κ3) is 3.55. The molecule has 2 aromatic rings. The van der Waals surface area contributed by atoms with E-state index in [-0.39, 0.29) is 17.3 Å². The van der Waals surface area contributed by atoms with E-state index in [0.29, 0.717) is 15.1 Å². The summed E-state index contributed by atoms with van der Waals surface area (Å²) in [4.78, 5) is 3.82. The predicted octanol–water partition coefficient (Wildman–Crippen LogP) is 2.90. The lowest BCUT2D eigenvalue weighted by molar-refractivity contribution is 0.467. The van der Waals surface area contributed by atoms with Crippen LogP contribution in [0.5, 0.6) is 0 Å². The van der Waals surface area contributed by atoms with Crippen molar-refractivity contribution in [3.05, 3.63) is 51.6 Å². The lowest BCUT2D eigenvalue weighted by Gasteiger charge is -2.18. The molecule has 2 N–H and O–H groups in total. The van der Waals surface area contributed by atoms with Gasteiger partial charge in [-0.1, -0.05) is 29.8 Å². The maximum absolute atomic E-state index is 12.6. The van der Waals surface area contributed by atoms with Crippen LogP contribution in [0.3, 0.4) is 0 Å². The van der Waals surface area contributed by atoms with Gasteiger partial charge >= 0.3 is 0 Å². The Bertz CT molecular complexity index is 768. The highest BCUT2D eigenvalue weighted by molar-refractivity contribution is 9.10. The van der Waals surface area contributed by atoms with Crippen LogP contribution in [-0.2, 0) is 16.6 Å². The Morgan fingerprint density at radius 1 is 1.38 bits per heavy atom. The Balaban J connectivity index is 2.35. The molecule has 1 heterocycles. The van der Waals surface area contributed by atoms with Gasteiger partial charge in [0.2, 0.25) is 10.0 Å². The van der Waals surface area contributed by atoms with Crippen molar-refractivity contribution in [2.75, 3.05) is 12.8 Å². The highest BCUT2D eigenvalue weighted by Crippen LogP contribution is 2.25. The molecule has 0 saturated heterocycles. The van der Waals surface area contributed by atoms with E-state index in [9.17, 15) is 8.42 Å². The molecule has 5 nitrogen and oxygen atoms in total. The first-order valence-electron chi connectivity index (χ1n) is 5.93. The van der Waals surface area contributed by atoms with Gasteiger partial charge in [0.1, 0.15) is 10.7 Å². The van der Waals surface area contributed by atoms with Crippen LogP contribution in [0.15, 0.2) is 45.9 Å². The predicted molar refractivity (Wildman–Crippen MR) is 86.5 cm³/mol. The summed E-state index contributed by atoms with van der Waals surface area (Å²) in [6, 6.07) is 8.51. The van der Waals surface area contributed by atoms with E-state index >= 15 is 0 Å². The van der Waals surface area contributed by atoms with Crippen LogP contribution >= 0.6 is 27.5 Å². The highest BCUT2D eigenvalue weighted by Gasteiger charge is 2.25. The first-order valence-corrected chi connectivity index (χ1v) is 8.54. The average molecular weight is 391 g/mol. The van der Waals surface area contributed by atoms with Gasteiger partial charge in [0, 0.05) is 29.3 Å². The Kier molecular flexibility index (Phi) is 4.88. The summed E-state index contributed by atoms with van der Waals surface area (Å²) >= 11 is 9.25. The number of benzene rings is 1. The molecule has 21 heavy (non-hydrogen) atoms. The summed E-state index contributed by atoms with van der Waals surface area (Å²) in [6.07, 6.45) is 1.45.